The van der Waals surface area contributed by atoms with Gasteiger partial charge in [-0.15, -0.1) is 0 Å². The lowest BCUT2D eigenvalue weighted by atomic mass is 9.90. The number of hydrogen-bond acceptors (Lipinski definition) is 4. The molecule has 6 nitrogen and oxygen atoms in total. The second kappa shape index (κ2) is 8.85. The topological polar surface area (TPSA) is 75.4 Å². The number of carbonyl (C=O) groups excluding carboxylic acids is 1. The van der Waals surface area contributed by atoms with Crippen LogP contribution in [-0.2, 0) is 21.0 Å². The first-order valence-corrected chi connectivity index (χ1v) is 11.7. The lowest BCUT2D eigenvalue weighted by molar-refractivity contribution is -0.126. The van der Waals surface area contributed by atoms with E-state index in [-0.39, 0.29) is 24.4 Å². The minimum atomic E-state index is -2.76. The molecule has 7 heteroatoms. The summed E-state index contributed by atoms with van der Waals surface area (Å²) >= 11 is 0. The highest BCUT2D eigenvalue weighted by Crippen LogP contribution is 2.37. The van der Waals surface area contributed by atoms with Crippen LogP contribution in [0.4, 0.5) is 0 Å². The molecule has 1 aliphatic rings. The van der Waals surface area contributed by atoms with Crippen LogP contribution in [0, 0.1) is 5.92 Å². The van der Waals surface area contributed by atoms with Crippen LogP contribution >= 0.6 is 0 Å². The van der Waals surface area contributed by atoms with Crippen molar-refractivity contribution in [3.63, 3.8) is 0 Å². The van der Waals surface area contributed by atoms with Crippen LogP contribution in [0.2, 0.25) is 0 Å². The lowest BCUT2D eigenvalue weighted by Crippen LogP contribution is -2.46. The van der Waals surface area contributed by atoms with Gasteiger partial charge in [-0.3, -0.25) is 4.79 Å². The van der Waals surface area contributed by atoms with E-state index in [1.165, 1.54) is 0 Å². The Labute approximate surface area is 177 Å². The van der Waals surface area contributed by atoms with Crippen molar-refractivity contribution in [3.8, 4) is 0 Å². The number of nitrogens with one attached hydrogen (secondary N) is 1. The van der Waals surface area contributed by atoms with E-state index < -0.39 is 9.71 Å². The standard InChI is InChI=1S/C23H25N3O3S/c1-30(28,21-10-6-3-7-11-21)26-17-19(23(27)24-16-20-14-15-25-29-20)12-13-22(26)18-8-4-2-5-9-18/h2-11,14-15,19,22H,1,12-13,16-17H2,(H,24,27). The SMILES string of the molecule is C=S(=O)(c1ccccc1)N1CC(C(=O)NCc2ccno2)CCC1c1ccccc1. The Hall–Kier alpha value is -2.90. The number of nitrogens with zero attached hydrogens (tertiary/aromatic N) is 2. The van der Waals surface area contributed by atoms with E-state index in [9.17, 15) is 9.00 Å². The molecule has 1 amide bonds. The number of amides is 1. The fourth-order valence-corrected chi connectivity index (χ4v) is 5.82. The zero-order chi connectivity index (χ0) is 21.0. The Morgan fingerprint density at radius 2 is 1.80 bits per heavy atom. The van der Waals surface area contributed by atoms with E-state index in [1.807, 2.05) is 65.0 Å². The first-order chi connectivity index (χ1) is 14.6. The van der Waals surface area contributed by atoms with Crippen LogP contribution in [-0.4, -0.2) is 32.0 Å². The lowest BCUT2D eigenvalue weighted by Gasteiger charge is -2.41. The van der Waals surface area contributed by atoms with Crippen molar-refractivity contribution in [1.82, 2.24) is 14.8 Å². The molecule has 0 radical (unpaired) electrons. The van der Waals surface area contributed by atoms with E-state index >= 15 is 0 Å². The predicted octanol–water partition coefficient (Wildman–Crippen LogP) is 3.43. The molecule has 1 N–H and O–H groups in total. The molecule has 3 unspecified atom stereocenters. The molecular formula is C23H25N3O3S. The molecule has 1 aromatic heterocycles. The number of rotatable bonds is 6. The van der Waals surface area contributed by atoms with Gasteiger partial charge in [0.15, 0.2) is 5.76 Å². The fraction of sp³-hybridized carbons (Fsp3) is 0.261. The third-order valence-electron chi connectivity index (χ3n) is 5.51. The summed E-state index contributed by atoms with van der Waals surface area (Å²) in [5.41, 5.74) is 1.09. The van der Waals surface area contributed by atoms with Crippen LogP contribution < -0.4 is 5.32 Å². The van der Waals surface area contributed by atoms with Gasteiger partial charge in [0.1, 0.15) is 0 Å². The van der Waals surface area contributed by atoms with Gasteiger partial charge in [0.05, 0.1) is 28.4 Å². The Bertz CT molecular complexity index is 1070. The first-order valence-electron chi connectivity index (χ1n) is 9.97. The van der Waals surface area contributed by atoms with Gasteiger partial charge in [-0.2, -0.15) is 0 Å². The second-order valence-electron chi connectivity index (χ2n) is 7.45. The average Bonchev–Trinajstić information content (AvgIpc) is 3.32. The minimum Gasteiger partial charge on any atom is -0.360 e. The number of aromatic nitrogens is 1. The van der Waals surface area contributed by atoms with E-state index in [2.05, 4.69) is 16.3 Å². The summed E-state index contributed by atoms with van der Waals surface area (Å²) in [4.78, 5) is 13.5. The smallest absolute Gasteiger partial charge is 0.224 e. The molecule has 1 saturated heterocycles. The van der Waals surface area contributed by atoms with E-state index in [1.54, 1.807) is 12.3 Å². The molecule has 3 aromatic rings. The van der Waals surface area contributed by atoms with Gasteiger partial charge in [0.25, 0.3) is 0 Å². The first kappa shape index (κ1) is 20.4. The van der Waals surface area contributed by atoms with Crippen LogP contribution in [0.15, 0.2) is 82.3 Å². The Balaban J connectivity index is 1.58. The molecule has 3 atom stereocenters. The van der Waals surface area contributed by atoms with Crippen molar-refractivity contribution in [2.45, 2.75) is 30.3 Å². The van der Waals surface area contributed by atoms with Crippen molar-refractivity contribution >= 4 is 21.5 Å². The maximum Gasteiger partial charge on any atom is 0.224 e. The quantitative estimate of drug-likeness (QED) is 0.617. The van der Waals surface area contributed by atoms with Gasteiger partial charge in [-0.1, -0.05) is 53.7 Å². The third kappa shape index (κ3) is 4.32. The number of hydrogen-bond donors (Lipinski definition) is 1. The highest BCUT2D eigenvalue weighted by molar-refractivity contribution is 7.98. The van der Waals surface area contributed by atoms with Gasteiger partial charge < -0.3 is 9.84 Å². The molecular weight excluding hydrogens is 398 g/mol. The summed E-state index contributed by atoms with van der Waals surface area (Å²) in [5, 5.41) is 6.56. The second-order valence-corrected chi connectivity index (χ2v) is 9.67. The van der Waals surface area contributed by atoms with Gasteiger partial charge >= 0.3 is 0 Å². The average molecular weight is 424 g/mol. The maximum atomic E-state index is 13.9. The van der Waals surface area contributed by atoms with Gasteiger partial charge in [0, 0.05) is 23.5 Å². The predicted molar refractivity (Wildman–Crippen MR) is 117 cm³/mol. The van der Waals surface area contributed by atoms with E-state index in [0.717, 1.165) is 12.0 Å². The van der Waals surface area contributed by atoms with Crippen LogP contribution in [0.25, 0.3) is 0 Å². The van der Waals surface area contributed by atoms with Crippen molar-refractivity contribution in [2.75, 3.05) is 6.54 Å². The maximum absolute atomic E-state index is 13.9. The Morgan fingerprint density at radius 3 is 2.47 bits per heavy atom. The highest BCUT2D eigenvalue weighted by Gasteiger charge is 2.37. The Kier molecular flexibility index (Phi) is 6.01. The van der Waals surface area contributed by atoms with Crippen molar-refractivity contribution in [3.05, 3.63) is 84.3 Å². The van der Waals surface area contributed by atoms with Gasteiger partial charge in [-0.25, -0.2) is 8.51 Å². The summed E-state index contributed by atoms with van der Waals surface area (Å²) in [5.74, 6) is 4.36. The molecule has 0 spiro atoms. The molecule has 2 aromatic carbocycles. The van der Waals surface area contributed by atoms with Crippen LogP contribution in [0.3, 0.4) is 0 Å². The molecule has 0 saturated carbocycles. The summed E-state index contributed by atoms with van der Waals surface area (Å²) in [6.07, 6.45) is 2.98. The molecule has 2 heterocycles. The monoisotopic (exact) mass is 423 g/mol. The minimum absolute atomic E-state index is 0.0604. The zero-order valence-corrected chi connectivity index (χ0v) is 17.5. The van der Waals surface area contributed by atoms with Crippen molar-refractivity contribution < 1.29 is 13.5 Å². The molecule has 1 fully saturated rings. The van der Waals surface area contributed by atoms with Gasteiger partial charge in [-0.05, 0) is 36.4 Å². The fourth-order valence-electron chi connectivity index (χ4n) is 3.91. The van der Waals surface area contributed by atoms with E-state index in [4.69, 9.17) is 4.52 Å². The largest absolute Gasteiger partial charge is 0.360 e. The number of piperidine rings is 1. The number of benzene rings is 2. The van der Waals surface area contributed by atoms with Crippen molar-refractivity contribution in [2.24, 2.45) is 5.92 Å². The summed E-state index contributed by atoms with van der Waals surface area (Å²) in [7, 11) is -2.76. The third-order valence-corrected chi connectivity index (χ3v) is 7.68. The van der Waals surface area contributed by atoms with Gasteiger partial charge in [0.2, 0.25) is 5.91 Å². The zero-order valence-electron chi connectivity index (χ0n) is 16.6. The molecule has 156 valence electrons. The molecule has 0 aliphatic carbocycles. The number of carbonyl (C=O) groups is 1. The van der Waals surface area contributed by atoms with Crippen molar-refractivity contribution in [1.29, 1.82) is 0 Å². The summed E-state index contributed by atoms with van der Waals surface area (Å²) < 4.78 is 20.9. The molecule has 4 rings (SSSR count). The Morgan fingerprint density at radius 1 is 1.10 bits per heavy atom. The summed E-state index contributed by atoms with van der Waals surface area (Å²) in [6.45, 7) is 0.662. The molecule has 0 bridgehead atoms. The van der Waals surface area contributed by atoms with E-state index in [0.29, 0.717) is 23.6 Å². The van der Waals surface area contributed by atoms with Crippen LogP contribution in [0.1, 0.15) is 30.2 Å². The normalized spacial score (nSPS) is 21.6. The molecule has 1 aliphatic heterocycles. The van der Waals surface area contributed by atoms with Crippen LogP contribution in [0.5, 0.6) is 0 Å². The molecule has 30 heavy (non-hydrogen) atoms. The summed E-state index contributed by atoms with van der Waals surface area (Å²) in [6, 6.07) is 21.0. The highest BCUT2D eigenvalue weighted by atomic mass is 32.2.